The van der Waals surface area contributed by atoms with Gasteiger partial charge in [-0.3, -0.25) is 0 Å². The lowest BCUT2D eigenvalue weighted by atomic mass is 9.96. The van der Waals surface area contributed by atoms with E-state index < -0.39 is 0 Å². The first kappa shape index (κ1) is 14.2. The molecule has 1 atom stereocenters. The van der Waals surface area contributed by atoms with Crippen LogP contribution in [-0.4, -0.2) is 11.2 Å². The van der Waals surface area contributed by atoms with Crippen molar-refractivity contribution in [3.8, 4) is 6.07 Å². The molecule has 0 aromatic carbocycles. The summed E-state index contributed by atoms with van der Waals surface area (Å²) in [6.07, 6.45) is 5.34. The fraction of sp³-hybridized carbons (Fsp3) is 0.769. The third-order valence-corrected chi connectivity index (χ3v) is 2.48. The zero-order valence-electron chi connectivity index (χ0n) is 10.2. The standard InChI is InChI=1S/C13H23NO/c1-4-6-12(9-8-11(3)15)13(10-14)7-5-2/h11,15H,4-9H2,1-3H3/b13-12-. The molecule has 2 nitrogen and oxygen atoms in total. The van der Waals surface area contributed by atoms with Crippen LogP contribution in [-0.2, 0) is 0 Å². The van der Waals surface area contributed by atoms with Crippen molar-refractivity contribution < 1.29 is 5.11 Å². The van der Waals surface area contributed by atoms with E-state index in [4.69, 9.17) is 5.26 Å². The van der Waals surface area contributed by atoms with Crippen LogP contribution in [0.5, 0.6) is 0 Å². The fourth-order valence-corrected chi connectivity index (χ4v) is 1.67. The molecule has 0 aromatic rings. The maximum atomic E-state index is 9.25. The minimum Gasteiger partial charge on any atom is -0.393 e. The lowest BCUT2D eigenvalue weighted by Gasteiger charge is -2.10. The highest BCUT2D eigenvalue weighted by Gasteiger charge is 2.07. The van der Waals surface area contributed by atoms with Crippen molar-refractivity contribution in [2.45, 2.75) is 65.4 Å². The molecule has 86 valence electrons. The van der Waals surface area contributed by atoms with E-state index in [2.05, 4.69) is 19.9 Å². The Morgan fingerprint density at radius 3 is 2.20 bits per heavy atom. The number of rotatable bonds is 7. The summed E-state index contributed by atoms with van der Waals surface area (Å²) >= 11 is 0. The second-order valence-corrected chi connectivity index (χ2v) is 4.08. The van der Waals surface area contributed by atoms with E-state index in [0.717, 1.165) is 44.1 Å². The normalized spacial score (nSPS) is 14.3. The Bertz CT molecular complexity index is 235. The van der Waals surface area contributed by atoms with E-state index in [9.17, 15) is 5.11 Å². The first-order valence-corrected chi connectivity index (χ1v) is 5.94. The van der Waals surface area contributed by atoms with E-state index in [1.54, 1.807) is 6.92 Å². The highest BCUT2D eigenvalue weighted by molar-refractivity contribution is 5.27. The molecule has 1 unspecified atom stereocenters. The Hall–Kier alpha value is -0.810. The average molecular weight is 209 g/mol. The quantitative estimate of drug-likeness (QED) is 0.651. The molecule has 0 fully saturated rings. The smallest absolute Gasteiger partial charge is 0.0946 e. The minimum absolute atomic E-state index is 0.265. The predicted octanol–water partition coefficient (Wildman–Crippen LogP) is 3.57. The van der Waals surface area contributed by atoms with Crippen LogP contribution in [0.15, 0.2) is 11.1 Å². The molecule has 0 saturated carbocycles. The summed E-state index contributed by atoms with van der Waals surface area (Å²) in [6, 6.07) is 2.31. The fourth-order valence-electron chi connectivity index (χ4n) is 1.67. The van der Waals surface area contributed by atoms with Crippen molar-refractivity contribution in [1.82, 2.24) is 0 Å². The van der Waals surface area contributed by atoms with Crippen molar-refractivity contribution in [2.75, 3.05) is 0 Å². The highest BCUT2D eigenvalue weighted by atomic mass is 16.3. The van der Waals surface area contributed by atoms with Gasteiger partial charge in [0.25, 0.3) is 0 Å². The number of allylic oxidation sites excluding steroid dienone is 2. The minimum atomic E-state index is -0.265. The van der Waals surface area contributed by atoms with Crippen molar-refractivity contribution in [1.29, 1.82) is 5.26 Å². The van der Waals surface area contributed by atoms with Crippen LogP contribution in [0.2, 0.25) is 0 Å². The van der Waals surface area contributed by atoms with Gasteiger partial charge in [0.15, 0.2) is 0 Å². The molecule has 2 heteroatoms. The van der Waals surface area contributed by atoms with Crippen LogP contribution in [0.4, 0.5) is 0 Å². The molecule has 0 aliphatic rings. The van der Waals surface area contributed by atoms with Gasteiger partial charge >= 0.3 is 0 Å². The van der Waals surface area contributed by atoms with Gasteiger partial charge in [-0.15, -0.1) is 0 Å². The monoisotopic (exact) mass is 209 g/mol. The Kier molecular flexibility index (Phi) is 8.04. The van der Waals surface area contributed by atoms with Gasteiger partial charge in [-0.25, -0.2) is 0 Å². The largest absolute Gasteiger partial charge is 0.393 e. The number of nitrogens with zero attached hydrogens (tertiary/aromatic N) is 1. The van der Waals surface area contributed by atoms with Crippen LogP contribution in [0.3, 0.4) is 0 Å². The van der Waals surface area contributed by atoms with E-state index in [1.807, 2.05) is 0 Å². The van der Waals surface area contributed by atoms with E-state index >= 15 is 0 Å². The third kappa shape index (κ3) is 6.30. The van der Waals surface area contributed by atoms with Crippen molar-refractivity contribution in [2.24, 2.45) is 0 Å². The molecule has 0 radical (unpaired) electrons. The number of hydrogen-bond donors (Lipinski definition) is 1. The number of aliphatic hydroxyl groups excluding tert-OH is 1. The van der Waals surface area contributed by atoms with Gasteiger partial charge in [0, 0.05) is 5.57 Å². The van der Waals surface area contributed by atoms with Crippen molar-refractivity contribution in [3.63, 3.8) is 0 Å². The summed E-state index contributed by atoms with van der Waals surface area (Å²) in [5.74, 6) is 0. The molecule has 0 aromatic heterocycles. The Labute approximate surface area is 93.6 Å². The van der Waals surface area contributed by atoms with Gasteiger partial charge in [-0.1, -0.05) is 32.3 Å². The number of aliphatic hydroxyl groups is 1. The summed E-state index contributed by atoms with van der Waals surface area (Å²) in [7, 11) is 0. The maximum absolute atomic E-state index is 9.25. The third-order valence-electron chi connectivity index (χ3n) is 2.48. The van der Waals surface area contributed by atoms with E-state index in [0.29, 0.717) is 0 Å². The van der Waals surface area contributed by atoms with Gasteiger partial charge in [0.2, 0.25) is 0 Å². The topological polar surface area (TPSA) is 44.0 Å². The first-order valence-electron chi connectivity index (χ1n) is 5.94. The van der Waals surface area contributed by atoms with Gasteiger partial charge in [-0.2, -0.15) is 5.26 Å². The van der Waals surface area contributed by atoms with E-state index in [-0.39, 0.29) is 6.10 Å². The van der Waals surface area contributed by atoms with Crippen LogP contribution >= 0.6 is 0 Å². The highest BCUT2D eigenvalue weighted by Crippen LogP contribution is 2.21. The number of hydrogen-bond acceptors (Lipinski definition) is 2. The van der Waals surface area contributed by atoms with Gasteiger partial charge in [-0.05, 0) is 32.6 Å². The molecule has 0 amide bonds. The molecule has 0 aliphatic carbocycles. The molecule has 0 spiro atoms. The molecule has 15 heavy (non-hydrogen) atoms. The molecule has 1 N–H and O–H groups in total. The zero-order valence-corrected chi connectivity index (χ0v) is 10.2. The van der Waals surface area contributed by atoms with Crippen LogP contribution in [0.25, 0.3) is 0 Å². The second kappa shape index (κ2) is 8.49. The maximum Gasteiger partial charge on any atom is 0.0946 e. The summed E-state index contributed by atoms with van der Waals surface area (Å²) in [5.41, 5.74) is 2.20. The molecule has 0 heterocycles. The summed E-state index contributed by atoms with van der Waals surface area (Å²) in [6.45, 7) is 6.02. The van der Waals surface area contributed by atoms with Gasteiger partial charge in [0.05, 0.1) is 12.2 Å². The summed E-state index contributed by atoms with van der Waals surface area (Å²) in [4.78, 5) is 0. The van der Waals surface area contributed by atoms with Crippen LogP contribution in [0.1, 0.15) is 59.3 Å². The van der Waals surface area contributed by atoms with Crippen molar-refractivity contribution in [3.05, 3.63) is 11.1 Å². The zero-order chi connectivity index (χ0) is 11.7. The van der Waals surface area contributed by atoms with Gasteiger partial charge in [0.1, 0.15) is 0 Å². The Morgan fingerprint density at radius 1 is 1.20 bits per heavy atom. The SMILES string of the molecule is CCC/C(C#N)=C(\CCC)CCC(C)O. The molecule has 0 saturated heterocycles. The molecular formula is C13H23NO. The van der Waals surface area contributed by atoms with Gasteiger partial charge < -0.3 is 5.11 Å². The molecular weight excluding hydrogens is 186 g/mol. The lowest BCUT2D eigenvalue weighted by molar-refractivity contribution is 0.184. The number of nitriles is 1. The lowest BCUT2D eigenvalue weighted by Crippen LogP contribution is -2.01. The van der Waals surface area contributed by atoms with Crippen LogP contribution < -0.4 is 0 Å². The average Bonchev–Trinajstić information content (AvgIpc) is 2.21. The Balaban J connectivity index is 4.51. The second-order valence-electron chi connectivity index (χ2n) is 4.08. The Morgan fingerprint density at radius 2 is 1.80 bits per heavy atom. The summed E-state index contributed by atoms with van der Waals surface area (Å²) in [5, 5.41) is 18.3. The van der Waals surface area contributed by atoms with Crippen LogP contribution in [0, 0.1) is 11.3 Å². The first-order chi connectivity index (χ1) is 7.15. The van der Waals surface area contributed by atoms with Crippen molar-refractivity contribution >= 4 is 0 Å². The molecule has 0 bridgehead atoms. The summed E-state index contributed by atoms with van der Waals surface area (Å²) < 4.78 is 0. The molecule has 0 aliphatic heterocycles. The predicted molar refractivity (Wildman–Crippen MR) is 63.4 cm³/mol. The van der Waals surface area contributed by atoms with E-state index in [1.165, 1.54) is 5.57 Å². The molecule has 0 rings (SSSR count).